The molecule has 0 bridgehead atoms. The molecule has 0 aliphatic heterocycles. The van der Waals surface area contributed by atoms with Crippen molar-refractivity contribution in [1.82, 2.24) is 10.6 Å². The average molecular weight is 336 g/mol. The predicted molar refractivity (Wildman–Crippen MR) is 89.0 cm³/mol. The lowest BCUT2D eigenvalue weighted by molar-refractivity contribution is -0.141. The number of amides is 2. The zero-order chi connectivity index (χ0) is 17.9. The Labute approximate surface area is 141 Å². The Balaban J connectivity index is 2.39. The van der Waals surface area contributed by atoms with Crippen LogP contribution in [-0.2, 0) is 9.59 Å². The summed E-state index contributed by atoms with van der Waals surface area (Å²) in [7, 11) is 0. The molecule has 0 radical (unpaired) electrons. The van der Waals surface area contributed by atoms with E-state index in [2.05, 4.69) is 10.6 Å². The molecule has 0 aliphatic carbocycles. The maximum absolute atomic E-state index is 12.1. The highest BCUT2D eigenvalue weighted by Gasteiger charge is 2.17. The quantitative estimate of drug-likeness (QED) is 0.563. The highest BCUT2D eigenvalue weighted by atomic mass is 16.5. The molecule has 7 heteroatoms. The van der Waals surface area contributed by atoms with Crippen molar-refractivity contribution >= 4 is 17.8 Å². The van der Waals surface area contributed by atoms with E-state index in [-0.39, 0.29) is 18.2 Å². The second-order valence-electron chi connectivity index (χ2n) is 5.16. The zero-order valence-electron chi connectivity index (χ0n) is 14.0. The van der Waals surface area contributed by atoms with Crippen molar-refractivity contribution in [1.29, 1.82) is 0 Å². The minimum absolute atomic E-state index is 0.150. The van der Waals surface area contributed by atoms with Crippen LogP contribution in [0, 0.1) is 0 Å². The van der Waals surface area contributed by atoms with Gasteiger partial charge in [0.05, 0.1) is 12.2 Å². The number of hydrogen-bond acceptors (Lipinski definition) is 4. The lowest BCUT2D eigenvalue weighted by Crippen LogP contribution is -2.40. The van der Waals surface area contributed by atoms with E-state index in [9.17, 15) is 14.4 Å². The number of benzene rings is 1. The summed E-state index contributed by atoms with van der Waals surface area (Å²) < 4.78 is 5.40. The Bertz CT molecular complexity index is 574. The van der Waals surface area contributed by atoms with Gasteiger partial charge in [0.1, 0.15) is 11.8 Å². The summed E-state index contributed by atoms with van der Waals surface area (Å²) in [4.78, 5) is 34.6. The van der Waals surface area contributed by atoms with E-state index in [0.29, 0.717) is 37.3 Å². The van der Waals surface area contributed by atoms with Gasteiger partial charge in [-0.2, -0.15) is 0 Å². The van der Waals surface area contributed by atoms with Crippen LogP contribution in [0.4, 0.5) is 0 Å². The standard InChI is InChI=1S/C17H24N2O5/c1-3-13(17(22)23)19-15(20)10-7-11-18-16(21)12-8-5-6-9-14(12)24-4-2/h5-6,8-9,13H,3-4,7,10-11H2,1-2H3,(H,18,21)(H,19,20)(H,22,23). The van der Waals surface area contributed by atoms with Gasteiger partial charge in [-0.3, -0.25) is 9.59 Å². The number of ether oxygens (including phenoxy) is 1. The number of hydrogen-bond donors (Lipinski definition) is 3. The molecule has 132 valence electrons. The van der Waals surface area contributed by atoms with E-state index in [1.165, 1.54) is 0 Å². The first-order valence-electron chi connectivity index (χ1n) is 8.01. The van der Waals surface area contributed by atoms with Crippen molar-refractivity contribution < 1.29 is 24.2 Å². The van der Waals surface area contributed by atoms with E-state index < -0.39 is 12.0 Å². The molecule has 0 aromatic heterocycles. The van der Waals surface area contributed by atoms with Crippen LogP contribution < -0.4 is 15.4 Å². The lowest BCUT2D eigenvalue weighted by Gasteiger charge is -2.12. The van der Waals surface area contributed by atoms with Gasteiger partial charge in [-0.15, -0.1) is 0 Å². The average Bonchev–Trinajstić information content (AvgIpc) is 2.57. The summed E-state index contributed by atoms with van der Waals surface area (Å²) in [6, 6.07) is 6.07. The van der Waals surface area contributed by atoms with E-state index >= 15 is 0 Å². The van der Waals surface area contributed by atoms with Crippen LogP contribution in [0.2, 0.25) is 0 Å². The van der Waals surface area contributed by atoms with Crippen molar-refractivity contribution in [3.8, 4) is 5.75 Å². The van der Waals surface area contributed by atoms with Crippen molar-refractivity contribution in [2.24, 2.45) is 0 Å². The number of rotatable bonds is 10. The van der Waals surface area contributed by atoms with Gasteiger partial charge in [0.2, 0.25) is 5.91 Å². The molecule has 1 aromatic rings. The first-order chi connectivity index (χ1) is 11.5. The number of nitrogens with one attached hydrogen (secondary N) is 2. The van der Waals surface area contributed by atoms with Gasteiger partial charge in [0.25, 0.3) is 5.91 Å². The summed E-state index contributed by atoms with van der Waals surface area (Å²) in [6.07, 6.45) is 0.896. The maximum Gasteiger partial charge on any atom is 0.326 e. The molecule has 24 heavy (non-hydrogen) atoms. The van der Waals surface area contributed by atoms with Crippen molar-refractivity contribution in [2.45, 2.75) is 39.2 Å². The van der Waals surface area contributed by atoms with Gasteiger partial charge in [0, 0.05) is 13.0 Å². The predicted octanol–water partition coefficient (Wildman–Crippen LogP) is 1.57. The number of aliphatic carboxylic acids is 1. The largest absolute Gasteiger partial charge is 0.493 e. The number of carboxylic acids is 1. The smallest absolute Gasteiger partial charge is 0.326 e. The molecule has 2 amide bonds. The lowest BCUT2D eigenvalue weighted by atomic mass is 10.2. The van der Waals surface area contributed by atoms with Crippen LogP contribution in [0.25, 0.3) is 0 Å². The van der Waals surface area contributed by atoms with Gasteiger partial charge >= 0.3 is 5.97 Å². The van der Waals surface area contributed by atoms with Crippen LogP contribution in [-0.4, -0.2) is 42.1 Å². The monoisotopic (exact) mass is 336 g/mol. The van der Waals surface area contributed by atoms with Crippen molar-refractivity contribution in [3.63, 3.8) is 0 Å². The van der Waals surface area contributed by atoms with Crippen LogP contribution in [0.1, 0.15) is 43.5 Å². The second kappa shape index (κ2) is 10.3. The Kier molecular flexibility index (Phi) is 8.32. The van der Waals surface area contributed by atoms with Gasteiger partial charge in [0.15, 0.2) is 0 Å². The van der Waals surface area contributed by atoms with Crippen LogP contribution >= 0.6 is 0 Å². The minimum atomic E-state index is -1.05. The van der Waals surface area contributed by atoms with E-state index in [1.807, 2.05) is 6.92 Å². The SMILES string of the molecule is CCOc1ccccc1C(=O)NCCCC(=O)NC(CC)C(=O)O. The Morgan fingerprint density at radius 3 is 2.54 bits per heavy atom. The molecule has 3 N–H and O–H groups in total. The molecule has 1 aromatic carbocycles. The number of carbonyl (C=O) groups is 3. The van der Waals surface area contributed by atoms with E-state index in [1.54, 1.807) is 31.2 Å². The molecule has 0 aliphatic rings. The van der Waals surface area contributed by atoms with Crippen LogP contribution in [0.3, 0.4) is 0 Å². The van der Waals surface area contributed by atoms with E-state index in [0.717, 1.165) is 0 Å². The maximum atomic E-state index is 12.1. The summed E-state index contributed by atoms with van der Waals surface area (Å²) in [5.74, 6) is -1.14. The Hall–Kier alpha value is -2.57. The highest BCUT2D eigenvalue weighted by molar-refractivity contribution is 5.96. The minimum Gasteiger partial charge on any atom is -0.493 e. The molecule has 0 heterocycles. The molecular formula is C17H24N2O5. The third-order valence-electron chi connectivity index (χ3n) is 3.34. The summed E-state index contributed by atoms with van der Waals surface area (Å²) in [6.45, 7) is 4.31. The van der Waals surface area contributed by atoms with E-state index in [4.69, 9.17) is 9.84 Å². The molecule has 7 nitrogen and oxygen atoms in total. The van der Waals surface area contributed by atoms with Crippen LogP contribution in [0.15, 0.2) is 24.3 Å². The molecule has 0 fully saturated rings. The van der Waals surface area contributed by atoms with Crippen molar-refractivity contribution in [3.05, 3.63) is 29.8 Å². The topological polar surface area (TPSA) is 105 Å². The molecule has 1 rings (SSSR count). The number of carboxylic acid groups (broad SMARTS) is 1. The fourth-order valence-corrected chi connectivity index (χ4v) is 2.09. The van der Waals surface area contributed by atoms with Crippen molar-refractivity contribution in [2.75, 3.05) is 13.2 Å². The molecular weight excluding hydrogens is 312 g/mol. The number of carbonyl (C=O) groups excluding carboxylic acids is 2. The summed E-state index contributed by atoms with van der Waals surface area (Å²) in [5, 5.41) is 14.0. The fraction of sp³-hybridized carbons (Fsp3) is 0.471. The highest BCUT2D eigenvalue weighted by Crippen LogP contribution is 2.17. The molecule has 0 saturated carbocycles. The third kappa shape index (κ3) is 6.28. The fourth-order valence-electron chi connectivity index (χ4n) is 2.09. The first-order valence-corrected chi connectivity index (χ1v) is 8.01. The second-order valence-corrected chi connectivity index (χ2v) is 5.16. The summed E-state index contributed by atoms with van der Waals surface area (Å²) in [5.41, 5.74) is 0.445. The summed E-state index contributed by atoms with van der Waals surface area (Å²) >= 11 is 0. The first kappa shape index (κ1) is 19.5. The van der Waals surface area contributed by atoms with Gasteiger partial charge in [-0.05, 0) is 31.9 Å². The zero-order valence-corrected chi connectivity index (χ0v) is 14.0. The van der Waals surface area contributed by atoms with Gasteiger partial charge in [-0.25, -0.2) is 4.79 Å². The van der Waals surface area contributed by atoms with Crippen LogP contribution in [0.5, 0.6) is 5.75 Å². The molecule has 1 unspecified atom stereocenters. The third-order valence-corrected chi connectivity index (χ3v) is 3.34. The van der Waals surface area contributed by atoms with Gasteiger partial charge in [-0.1, -0.05) is 19.1 Å². The molecule has 0 saturated heterocycles. The van der Waals surface area contributed by atoms with Gasteiger partial charge < -0.3 is 20.5 Å². The number of para-hydroxylation sites is 1. The Morgan fingerprint density at radius 2 is 1.92 bits per heavy atom. The molecule has 1 atom stereocenters. The normalized spacial score (nSPS) is 11.4. The molecule has 0 spiro atoms. The Morgan fingerprint density at radius 1 is 1.21 bits per heavy atom.